The van der Waals surface area contributed by atoms with E-state index in [-0.39, 0.29) is 28.5 Å². The monoisotopic (exact) mass is 381 g/mol. The number of anilines is 1. The van der Waals surface area contributed by atoms with Gasteiger partial charge in [-0.1, -0.05) is 36.0 Å². The Morgan fingerprint density at radius 2 is 2.04 bits per heavy atom. The number of carbonyl (C=O) groups excluding carboxylic acids is 1. The molecule has 2 aromatic rings. The van der Waals surface area contributed by atoms with Crippen molar-refractivity contribution in [1.29, 1.82) is 0 Å². The minimum atomic E-state index is -4.59. The van der Waals surface area contributed by atoms with Crippen molar-refractivity contribution in [3.63, 3.8) is 0 Å². The summed E-state index contributed by atoms with van der Waals surface area (Å²) in [6.07, 6.45) is -3.24. The second kappa shape index (κ2) is 6.99. The molecule has 5 nitrogen and oxygen atoms in total. The van der Waals surface area contributed by atoms with Crippen molar-refractivity contribution in [3.05, 3.63) is 64.0 Å². The number of rotatable bonds is 4. The van der Waals surface area contributed by atoms with Gasteiger partial charge in [-0.05, 0) is 11.6 Å². The molecule has 2 heterocycles. The number of nitrogens with one attached hydrogen (secondary N) is 2. The van der Waals surface area contributed by atoms with Gasteiger partial charge in [-0.15, -0.1) is 6.58 Å². The molecule has 3 rings (SSSR count). The Labute approximate surface area is 150 Å². The van der Waals surface area contributed by atoms with Crippen LogP contribution in [0.3, 0.4) is 0 Å². The number of thioether (sulfide) groups is 1. The zero-order valence-corrected chi connectivity index (χ0v) is 14.2. The third-order valence-corrected chi connectivity index (χ3v) is 4.78. The molecule has 0 aliphatic carbocycles. The number of hydrogen-bond acceptors (Lipinski definition) is 4. The van der Waals surface area contributed by atoms with Gasteiger partial charge in [0.15, 0.2) is 5.16 Å². The van der Waals surface area contributed by atoms with Gasteiger partial charge in [-0.3, -0.25) is 9.59 Å². The summed E-state index contributed by atoms with van der Waals surface area (Å²) in [5, 5.41) is 2.75. The van der Waals surface area contributed by atoms with Crippen LogP contribution in [0, 0.1) is 0 Å². The highest BCUT2D eigenvalue weighted by Crippen LogP contribution is 2.41. The molecule has 1 unspecified atom stereocenters. The molecule has 1 atom stereocenters. The van der Waals surface area contributed by atoms with Crippen LogP contribution in [0.15, 0.2) is 46.9 Å². The number of amides is 1. The van der Waals surface area contributed by atoms with E-state index in [1.807, 2.05) is 0 Å². The number of halogens is 3. The summed E-state index contributed by atoms with van der Waals surface area (Å²) in [6.45, 7) is 3.57. The van der Waals surface area contributed by atoms with Gasteiger partial charge in [-0.2, -0.15) is 13.2 Å². The van der Waals surface area contributed by atoms with E-state index in [0.29, 0.717) is 5.75 Å². The predicted molar refractivity (Wildman–Crippen MR) is 92.3 cm³/mol. The number of hydrogen-bond donors (Lipinski definition) is 2. The summed E-state index contributed by atoms with van der Waals surface area (Å²) in [4.78, 5) is 31.3. The lowest BCUT2D eigenvalue weighted by atomic mass is 9.84. The second-order valence-corrected chi connectivity index (χ2v) is 6.63. The normalized spacial score (nSPS) is 16.7. The summed E-state index contributed by atoms with van der Waals surface area (Å²) in [5.74, 6) is -1.03. The van der Waals surface area contributed by atoms with Gasteiger partial charge in [0.05, 0.1) is 11.1 Å². The van der Waals surface area contributed by atoms with E-state index in [4.69, 9.17) is 0 Å². The van der Waals surface area contributed by atoms with Crippen molar-refractivity contribution < 1.29 is 18.0 Å². The number of carbonyl (C=O) groups is 1. The first kappa shape index (κ1) is 18.2. The predicted octanol–water partition coefficient (Wildman–Crippen LogP) is 3.54. The standard InChI is InChI=1S/C17H14F3N3O2S/c1-2-7-26-16-22-14-13(15(25)23-16)10(8-12(24)21-14)9-5-3-4-6-11(9)17(18,19)20/h2-6,10H,1,7-8H2,(H2,21,22,23,24,25). The van der Waals surface area contributed by atoms with Crippen molar-refractivity contribution >= 4 is 23.5 Å². The van der Waals surface area contributed by atoms with Gasteiger partial charge in [-0.25, -0.2) is 4.98 Å². The average Bonchev–Trinajstić information content (AvgIpc) is 2.58. The summed E-state index contributed by atoms with van der Waals surface area (Å²) in [7, 11) is 0. The van der Waals surface area contributed by atoms with E-state index >= 15 is 0 Å². The van der Waals surface area contributed by atoms with Gasteiger partial charge in [0.25, 0.3) is 5.56 Å². The molecule has 0 bridgehead atoms. The van der Waals surface area contributed by atoms with E-state index in [1.54, 1.807) is 6.08 Å². The molecule has 0 spiro atoms. The van der Waals surface area contributed by atoms with Gasteiger partial charge >= 0.3 is 6.18 Å². The van der Waals surface area contributed by atoms with Crippen LogP contribution in [0.1, 0.15) is 29.0 Å². The first-order chi connectivity index (χ1) is 12.3. The third-order valence-electron chi connectivity index (χ3n) is 3.91. The number of benzene rings is 1. The number of fused-ring (bicyclic) bond motifs is 1. The molecule has 0 saturated carbocycles. The number of aromatic amines is 1. The number of aromatic nitrogens is 2. The maximum atomic E-state index is 13.4. The van der Waals surface area contributed by atoms with Crippen LogP contribution in [0.5, 0.6) is 0 Å². The summed E-state index contributed by atoms with van der Waals surface area (Å²) < 4.78 is 40.1. The Morgan fingerprint density at radius 1 is 1.31 bits per heavy atom. The van der Waals surface area contributed by atoms with Crippen molar-refractivity contribution in [2.45, 2.75) is 23.7 Å². The zero-order chi connectivity index (χ0) is 18.9. The Bertz CT molecular complexity index is 924. The fraction of sp³-hybridized carbons (Fsp3) is 0.235. The Balaban J connectivity index is 2.15. The van der Waals surface area contributed by atoms with E-state index in [1.165, 1.54) is 30.0 Å². The Morgan fingerprint density at radius 3 is 2.73 bits per heavy atom. The van der Waals surface area contributed by atoms with Crippen molar-refractivity contribution in [1.82, 2.24) is 9.97 Å². The maximum Gasteiger partial charge on any atom is 0.416 e. The van der Waals surface area contributed by atoms with Crippen molar-refractivity contribution in [3.8, 4) is 0 Å². The topological polar surface area (TPSA) is 74.8 Å². The average molecular weight is 381 g/mol. The lowest BCUT2D eigenvalue weighted by Gasteiger charge is -2.26. The minimum absolute atomic E-state index is 0.00135. The van der Waals surface area contributed by atoms with E-state index in [0.717, 1.165) is 6.07 Å². The van der Waals surface area contributed by atoms with E-state index < -0.39 is 29.1 Å². The van der Waals surface area contributed by atoms with Crippen LogP contribution < -0.4 is 10.9 Å². The van der Waals surface area contributed by atoms with Crippen LogP contribution in [0.2, 0.25) is 0 Å². The fourth-order valence-corrected chi connectivity index (χ4v) is 3.48. The van der Waals surface area contributed by atoms with Crippen LogP contribution in [0.4, 0.5) is 19.0 Å². The van der Waals surface area contributed by atoms with E-state index in [9.17, 15) is 22.8 Å². The SMILES string of the molecule is C=CCSc1nc2c(c(=O)[nH]1)C(c1ccccc1C(F)(F)F)CC(=O)N2. The van der Waals surface area contributed by atoms with Gasteiger partial charge in [0, 0.05) is 18.1 Å². The quantitative estimate of drug-likeness (QED) is 0.483. The Hall–Kier alpha value is -2.55. The van der Waals surface area contributed by atoms with Crippen LogP contribution in [-0.2, 0) is 11.0 Å². The number of H-pyrrole nitrogens is 1. The maximum absolute atomic E-state index is 13.4. The molecular weight excluding hydrogens is 367 g/mol. The zero-order valence-electron chi connectivity index (χ0n) is 13.4. The molecule has 9 heteroatoms. The molecule has 1 aromatic heterocycles. The first-order valence-corrected chi connectivity index (χ1v) is 8.63. The molecule has 26 heavy (non-hydrogen) atoms. The molecule has 1 aliphatic rings. The summed E-state index contributed by atoms with van der Waals surface area (Å²) in [5.41, 5.74) is -1.52. The molecule has 1 amide bonds. The van der Waals surface area contributed by atoms with Crippen LogP contribution in [-0.4, -0.2) is 21.6 Å². The summed E-state index contributed by atoms with van der Waals surface area (Å²) in [6, 6.07) is 4.95. The third kappa shape index (κ3) is 3.52. The van der Waals surface area contributed by atoms with Crippen molar-refractivity contribution in [2.24, 2.45) is 0 Å². The van der Waals surface area contributed by atoms with Gasteiger partial charge in [0.2, 0.25) is 5.91 Å². The highest BCUT2D eigenvalue weighted by molar-refractivity contribution is 7.99. The highest BCUT2D eigenvalue weighted by Gasteiger charge is 2.39. The molecule has 0 fully saturated rings. The minimum Gasteiger partial charge on any atom is -0.310 e. The molecule has 0 radical (unpaired) electrons. The molecular formula is C17H14F3N3O2S. The molecule has 136 valence electrons. The fourth-order valence-electron chi connectivity index (χ4n) is 2.88. The first-order valence-electron chi connectivity index (χ1n) is 7.65. The number of nitrogens with zero attached hydrogens (tertiary/aromatic N) is 1. The largest absolute Gasteiger partial charge is 0.416 e. The van der Waals surface area contributed by atoms with Crippen LogP contribution >= 0.6 is 11.8 Å². The molecule has 0 saturated heterocycles. The molecule has 2 N–H and O–H groups in total. The van der Waals surface area contributed by atoms with Gasteiger partial charge in [0.1, 0.15) is 5.82 Å². The molecule has 1 aromatic carbocycles. The Kier molecular flexibility index (Phi) is 4.90. The molecule has 1 aliphatic heterocycles. The second-order valence-electron chi connectivity index (χ2n) is 5.62. The lowest BCUT2D eigenvalue weighted by molar-refractivity contribution is -0.138. The number of alkyl halides is 3. The van der Waals surface area contributed by atoms with E-state index in [2.05, 4.69) is 21.9 Å². The summed E-state index contributed by atoms with van der Waals surface area (Å²) >= 11 is 1.20. The lowest BCUT2D eigenvalue weighted by Crippen LogP contribution is -2.32. The smallest absolute Gasteiger partial charge is 0.310 e. The van der Waals surface area contributed by atoms with Crippen molar-refractivity contribution in [2.75, 3.05) is 11.1 Å². The van der Waals surface area contributed by atoms with Crippen LogP contribution in [0.25, 0.3) is 0 Å². The van der Waals surface area contributed by atoms with Gasteiger partial charge < -0.3 is 10.3 Å². The highest BCUT2D eigenvalue weighted by atomic mass is 32.2.